The molecule has 0 fully saturated rings. The van der Waals surface area contributed by atoms with Gasteiger partial charge in [0.25, 0.3) is 0 Å². The molecule has 244 valence electrons. The molecule has 0 amide bonds. The maximum absolute atomic E-state index is 6.77. The number of thiophene rings is 1. The molecule has 0 bridgehead atoms. The molecule has 8 aromatic carbocycles. The lowest BCUT2D eigenvalue weighted by Crippen LogP contribution is -2.34. The summed E-state index contributed by atoms with van der Waals surface area (Å²) in [7, 11) is 0. The van der Waals surface area contributed by atoms with Gasteiger partial charge in [0.05, 0.1) is 5.41 Å². The second-order valence-corrected chi connectivity index (χ2v) is 14.7. The maximum Gasteiger partial charge on any atom is 0.136 e. The van der Waals surface area contributed by atoms with E-state index in [2.05, 4.69) is 170 Å². The third kappa shape index (κ3) is 4.30. The Morgan fingerprint density at radius 2 is 0.885 bits per heavy atom. The number of para-hydroxylation sites is 2. The maximum atomic E-state index is 6.77. The van der Waals surface area contributed by atoms with Crippen molar-refractivity contribution in [3.63, 3.8) is 0 Å². The van der Waals surface area contributed by atoms with Crippen molar-refractivity contribution in [3.05, 3.63) is 204 Å². The van der Waals surface area contributed by atoms with Gasteiger partial charge in [0, 0.05) is 42.1 Å². The van der Waals surface area contributed by atoms with Crippen LogP contribution < -0.4 is 4.74 Å². The number of hydrogen-bond donors (Lipinski definition) is 0. The summed E-state index contributed by atoms with van der Waals surface area (Å²) in [5, 5.41) is 4.86. The Morgan fingerprint density at radius 1 is 0.365 bits per heavy atom. The SMILES string of the molecule is c1ccc(C2(c3ccccc3)c3ccccc3Oc3cc(-c4ccc5c(c4)sc4cc(-c6ccc7c(c6)oc6ccccc67)ccc45)ccc32)cc1. The van der Waals surface area contributed by atoms with Crippen molar-refractivity contribution in [2.45, 2.75) is 5.41 Å². The molecule has 0 spiro atoms. The summed E-state index contributed by atoms with van der Waals surface area (Å²) in [4.78, 5) is 0. The topological polar surface area (TPSA) is 22.4 Å². The molecular weight excluding hydrogens is 653 g/mol. The highest BCUT2D eigenvalue weighted by atomic mass is 32.1. The van der Waals surface area contributed by atoms with Crippen molar-refractivity contribution in [1.82, 2.24) is 0 Å². The zero-order valence-corrected chi connectivity index (χ0v) is 28.9. The van der Waals surface area contributed by atoms with Crippen LogP contribution in [0.25, 0.3) is 64.4 Å². The van der Waals surface area contributed by atoms with Crippen molar-refractivity contribution >= 4 is 53.4 Å². The summed E-state index contributed by atoms with van der Waals surface area (Å²) in [6.45, 7) is 0. The van der Waals surface area contributed by atoms with Gasteiger partial charge < -0.3 is 9.15 Å². The second-order valence-electron chi connectivity index (χ2n) is 13.6. The van der Waals surface area contributed by atoms with Crippen LogP contribution in [0.3, 0.4) is 0 Å². The van der Waals surface area contributed by atoms with Gasteiger partial charge >= 0.3 is 0 Å². The molecule has 0 radical (unpaired) electrons. The summed E-state index contributed by atoms with van der Waals surface area (Å²) in [6.07, 6.45) is 0. The number of benzene rings is 8. The van der Waals surface area contributed by atoms with E-state index in [4.69, 9.17) is 9.15 Å². The van der Waals surface area contributed by atoms with Crippen molar-refractivity contribution < 1.29 is 9.15 Å². The Labute approximate surface area is 304 Å². The molecule has 2 aromatic heterocycles. The molecule has 52 heavy (non-hydrogen) atoms. The van der Waals surface area contributed by atoms with Gasteiger partial charge in [-0.25, -0.2) is 0 Å². The molecule has 10 aromatic rings. The minimum Gasteiger partial charge on any atom is -0.457 e. The number of rotatable bonds is 4. The lowest BCUT2D eigenvalue weighted by molar-refractivity contribution is 0.435. The first-order valence-corrected chi connectivity index (χ1v) is 18.5. The second kappa shape index (κ2) is 11.3. The number of hydrogen-bond acceptors (Lipinski definition) is 3. The molecule has 0 saturated heterocycles. The highest BCUT2D eigenvalue weighted by Crippen LogP contribution is 2.56. The summed E-state index contributed by atoms with van der Waals surface area (Å²) >= 11 is 1.85. The average Bonchev–Trinajstić information content (AvgIpc) is 3.77. The van der Waals surface area contributed by atoms with Crippen LogP contribution in [-0.2, 0) is 5.41 Å². The average molecular weight is 683 g/mol. The van der Waals surface area contributed by atoms with Gasteiger partial charge in [-0.15, -0.1) is 11.3 Å². The Bertz CT molecular complexity index is 2950. The van der Waals surface area contributed by atoms with Crippen molar-refractivity contribution in [2.24, 2.45) is 0 Å². The molecule has 1 aliphatic rings. The van der Waals surface area contributed by atoms with Gasteiger partial charge in [0.2, 0.25) is 0 Å². The van der Waals surface area contributed by atoms with E-state index in [-0.39, 0.29) is 0 Å². The fourth-order valence-electron chi connectivity index (χ4n) is 8.43. The Balaban J connectivity index is 1.02. The van der Waals surface area contributed by atoms with Crippen LogP contribution in [0.2, 0.25) is 0 Å². The van der Waals surface area contributed by atoms with Gasteiger partial charge in [-0.2, -0.15) is 0 Å². The van der Waals surface area contributed by atoms with E-state index in [1.807, 2.05) is 23.5 Å². The van der Waals surface area contributed by atoms with Gasteiger partial charge in [0.15, 0.2) is 0 Å². The van der Waals surface area contributed by atoms with Crippen molar-refractivity contribution in [2.75, 3.05) is 0 Å². The lowest BCUT2D eigenvalue weighted by atomic mass is 9.63. The van der Waals surface area contributed by atoms with Gasteiger partial charge in [0.1, 0.15) is 22.7 Å². The van der Waals surface area contributed by atoms with Gasteiger partial charge in [-0.1, -0.05) is 140 Å². The van der Waals surface area contributed by atoms with E-state index < -0.39 is 5.41 Å². The van der Waals surface area contributed by atoms with Crippen molar-refractivity contribution in [3.8, 4) is 33.8 Å². The minimum absolute atomic E-state index is 0.521. The summed E-state index contributed by atoms with van der Waals surface area (Å²) in [5.41, 5.74) is 10.7. The summed E-state index contributed by atoms with van der Waals surface area (Å²) in [6, 6.07) is 65.4. The molecule has 0 saturated carbocycles. The highest BCUT2D eigenvalue weighted by Gasteiger charge is 2.45. The number of furan rings is 1. The zero-order chi connectivity index (χ0) is 34.2. The fraction of sp³-hybridized carbons (Fsp3) is 0.0204. The molecule has 0 N–H and O–H groups in total. The molecule has 0 aliphatic carbocycles. The summed E-state index contributed by atoms with van der Waals surface area (Å²) in [5.74, 6) is 1.77. The van der Waals surface area contributed by atoms with Crippen LogP contribution in [0, 0.1) is 0 Å². The summed E-state index contributed by atoms with van der Waals surface area (Å²) < 4.78 is 15.5. The van der Waals surface area contributed by atoms with Crippen LogP contribution in [-0.4, -0.2) is 0 Å². The van der Waals surface area contributed by atoms with E-state index in [0.717, 1.165) is 55.7 Å². The van der Waals surface area contributed by atoms with Gasteiger partial charge in [-0.3, -0.25) is 0 Å². The van der Waals surface area contributed by atoms with E-state index in [9.17, 15) is 0 Å². The third-order valence-electron chi connectivity index (χ3n) is 10.8. The quantitative estimate of drug-likeness (QED) is 0.184. The molecule has 3 heteroatoms. The third-order valence-corrected chi connectivity index (χ3v) is 11.9. The van der Waals surface area contributed by atoms with Crippen molar-refractivity contribution in [1.29, 1.82) is 0 Å². The fourth-order valence-corrected chi connectivity index (χ4v) is 9.62. The van der Waals surface area contributed by atoms with E-state index >= 15 is 0 Å². The Hall–Kier alpha value is -6.42. The first kappa shape index (κ1) is 29.3. The first-order valence-electron chi connectivity index (χ1n) is 17.7. The molecular formula is C49H30O2S. The van der Waals surface area contributed by atoms with E-state index in [0.29, 0.717) is 0 Å². The molecule has 11 rings (SSSR count). The Morgan fingerprint density at radius 3 is 1.60 bits per heavy atom. The molecule has 2 nitrogen and oxygen atoms in total. The predicted octanol–water partition coefficient (Wildman–Crippen LogP) is 13.8. The van der Waals surface area contributed by atoms with Crippen LogP contribution in [0.5, 0.6) is 11.5 Å². The smallest absolute Gasteiger partial charge is 0.136 e. The predicted molar refractivity (Wildman–Crippen MR) is 216 cm³/mol. The van der Waals surface area contributed by atoms with Crippen LogP contribution in [0.1, 0.15) is 22.3 Å². The monoisotopic (exact) mass is 682 g/mol. The standard InChI is InChI=1S/C49H30O2S/c1-3-11-35(12-4-1)49(36-13-5-2-6-14-36)41-16-8-10-18-44(41)51-46-28-32(22-26-42(46)49)34-21-25-40-39-24-20-33(29-47(39)52-48(40)30-34)31-19-23-38-37-15-7-9-17-43(37)50-45(38)27-31/h1-30H. The normalized spacial score (nSPS) is 13.3. The largest absolute Gasteiger partial charge is 0.457 e. The van der Waals surface area contributed by atoms with E-state index in [1.54, 1.807) is 0 Å². The first-order chi connectivity index (χ1) is 25.7. The van der Waals surface area contributed by atoms with Gasteiger partial charge in [-0.05, 0) is 75.8 Å². The molecule has 0 atom stereocenters. The van der Waals surface area contributed by atoms with E-state index in [1.165, 1.54) is 42.4 Å². The zero-order valence-electron chi connectivity index (χ0n) is 28.0. The van der Waals surface area contributed by atoms with Crippen LogP contribution in [0.15, 0.2) is 186 Å². The Kier molecular flexibility index (Phi) is 6.37. The number of fused-ring (bicyclic) bond motifs is 8. The van der Waals surface area contributed by atoms with Crippen LogP contribution >= 0.6 is 11.3 Å². The molecule has 0 unspecified atom stereocenters. The van der Waals surface area contributed by atoms with Crippen LogP contribution in [0.4, 0.5) is 0 Å². The highest BCUT2D eigenvalue weighted by molar-refractivity contribution is 7.25. The molecule has 1 aliphatic heterocycles. The molecule has 3 heterocycles. The minimum atomic E-state index is -0.521. The number of ether oxygens (including phenoxy) is 1. The lowest BCUT2D eigenvalue weighted by Gasteiger charge is -2.41.